The van der Waals surface area contributed by atoms with Gasteiger partial charge in [-0.3, -0.25) is 0 Å². The van der Waals surface area contributed by atoms with Crippen LogP contribution in [0.3, 0.4) is 0 Å². The van der Waals surface area contributed by atoms with E-state index in [1.807, 2.05) is 35.2 Å². The SMILES string of the molecule is COCCCN(CCOC)C(N)=Nc1ccccc1. The normalized spacial score (nSPS) is 11.6. The second-order valence-electron chi connectivity index (χ2n) is 4.13. The van der Waals surface area contributed by atoms with Crippen molar-refractivity contribution < 1.29 is 9.47 Å². The molecule has 0 amide bonds. The Morgan fingerprint density at radius 1 is 1.11 bits per heavy atom. The number of para-hydroxylation sites is 1. The average molecular weight is 265 g/mol. The number of hydrogen-bond acceptors (Lipinski definition) is 3. The van der Waals surface area contributed by atoms with Crippen LogP contribution in [-0.4, -0.2) is 51.4 Å². The number of methoxy groups -OCH3 is 2. The third-order valence-electron chi connectivity index (χ3n) is 2.67. The largest absolute Gasteiger partial charge is 0.385 e. The molecule has 0 aliphatic heterocycles. The van der Waals surface area contributed by atoms with E-state index in [1.54, 1.807) is 14.2 Å². The zero-order chi connectivity index (χ0) is 13.9. The van der Waals surface area contributed by atoms with Crippen LogP contribution in [0.4, 0.5) is 5.69 Å². The lowest BCUT2D eigenvalue weighted by molar-refractivity contribution is 0.160. The number of benzene rings is 1. The molecule has 5 nitrogen and oxygen atoms in total. The van der Waals surface area contributed by atoms with Gasteiger partial charge in [0.05, 0.1) is 12.3 Å². The van der Waals surface area contributed by atoms with Gasteiger partial charge in [0.25, 0.3) is 0 Å². The molecule has 106 valence electrons. The van der Waals surface area contributed by atoms with Crippen molar-refractivity contribution in [2.45, 2.75) is 6.42 Å². The van der Waals surface area contributed by atoms with Gasteiger partial charge in [0.1, 0.15) is 0 Å². The number of aliphatic imine (C=N–C) groups is 1. The molecule has 1 aromatic rings. The Balaban J connectivity index is 2.63. The second-order valence-corrected chi connectivity index (χ2v) is 4.13. The molecule has 0 spiro atoms. The number of nitrogens with two attached hydrogens (primary N) is 1. The zero-order valence-electron chi connectivity index (χ0n) is 11.7. The summed E-state index contributed by atoms with van der Waals surface area (Å²) >= 11 is 0. The molecule has 0 saturated heterocycles. The predicted octanol–water partition coefficient (Wildman–Crippen LogP) is 1.62. The fourth-order valence-electron chi connectivity index (χ4n) is 1.65. The Labute approximate surface area is 115 Å². The second kappa shape index (κ2) is 9.35. The summed E-state index contributed by atoms with van der Waals surface area (Å²) in [6.45, 7) is 2.86. The highest BCUT2D eigenvalue weighted by atomic mass is 16.5. The van der Waals surface area contributed by atoms with Crippen molar-refractivity contribution in [1.29, 1.82) is 0 Å². The van der Waals surface area contributed by atoms with Gasteiger partial charge in [-0.2, -0.15) is 0 Å². The maximum absolute atomic E-state index is 6.05. The Kier molecular flexibility index (Phi) is 7.62. The molecule has 1 aromatic carbocycles. The molecule has 5 heteroatoms. The Morgan fingerprint density at radius 3 is 2.42 bits per heavy atom. The molecule has 2 N–H and O–H groups in total. The van der Waals surface area contributed by atoms with Gasteiger partial charge in [-0.05, 0) is 18.6 Å². The molecule has 0 bridgehead atoms. The molecule has 0 fully saturated rings. The van der Waals surface area contributed by atoms with Crippen LogP contribution in [-0.2, 0) is 9.47 Å². The van der Waals surface area contributed by atoms with Crippen LogP contribution < -0.4 is 5.73 Å². The Morgan fingerprint density at radius 2 is 1.79 bits per heavy atom. The van der Waals surface area contributed by atoms with E-state index in [0.29, 0.717) is 19.2 Å². The third kappa shape index (κ3) is 6.22. The lowest BCUT2D eigenvalue weighted by Crippen LogP contribution is -2.40. The highest BCUT2D eigenvalue weighted by Gasteiger charge is 2.07. The molecule has 0 radical (unpaired) electrons. The highest BCUT2D eigenvalue weighted by molar-refractivity contribution is 5.81. The van der Waals surface area contributed by atoms with E-state index in [2.05, 4.69) is 4.99 Å². The summed E-state index contributed by atoms with van der Waals surface area (Å²) in [5.74, 6) is 0.513. The van der Waals surface area contributed by atoms with E-state index in [4.69, 9.17) is 15.2 Å². The van der Waals surface area contributed by atoms with Gasteiger partial charge < -0.3 is 20.1 Å². The zero-order valence-corrected chi connectivity index (χ0v) is 11.7. The first-order chi connectivity index (χ1) is 9.27. The van der Waals surface area contributed by atoms with Gasteiger partial charge in [-0.15, -0.1) is 0 Å². The van der Waals surface area contributed by atoms with Gasteiger partial charge in [0.2, 0.25) is 0 Å². The lowest BCUT2D eigenvalue weighted by atomic mass is 10.3. The monoisotopic (exact) mass is 265 g/mol. The van der Waals surface area contributed by atoms with Gasteiger partial charge in [-0.1, -0.05) is 18.2 Å². The summed E-state index contributed by atoms with van der Waals surface area (Å²) in [5.41, 5.74) is 6.91. The topological polar surface area (TPSA) is 60.1 Å². The van der Waals surface area contributed by atoms with Gasteiger partial charge in [-0.25, -0.2) is 4.99 Å². The first kappa shape index (κ1) is 15.5. The number of guanidine groups is 1. The predicted molar refractivity (Wildman–Crippen MR) is 77.7 cm³/mol. The molecule has 0 unspecified atom stereocenters. The summed E-state index contributed by atoms with van der Waals surface area (Å²) in [5, 5.41) is 0. The van der Waals surface area contributed by atoms with Crippen LogP contribution >= 0.6 is 0 Å². The number of hydrogen-bond donors (Lipinski definition) is 1. The maximum atomic E-state index is 6.05. The quantitative estimate of drug-likeness (QED) is 0.441. The molecule has 0 heterocycles. The number of rotatable bonds is 8. The Hall–Kier alpha value is -1.59. The standard InChI is InChI=1S/C14H23N3O2/c1-18-11-6-9-17(10-12-19-2)14(15)16-13-7-4-3-5-8-13/h3-5,7-8H,6,9-12H2,1-2H3,(H2,15,16). The van der Waals surface area contributed by atoms with E-state index in [9.17, 15) is 0 Å². The minimum atomic E-state index is 0.513. The molecule has 0 atom stereocenters. The Bertz CT molecular complexity index is 368. The van der Waals surface area contributed by atoms with Crippen LogP contribution in [0.1, 0.15) is 6.42 Å². The summed E-state index contributed by atoms with van der Waals surface area (Å²) in [6.07, 6.45) is 0.908. The summed E-state index contributed by atoms with van der Waals surface area (Å²) in [7, 11) is 3.37. The van der Waals surface area contributed by atoms with Gasteiger partial charge in [0.15, 0.2) is 5.96 Å². The van der Waals surface area contributed by atoms with Crippen molar-refractivity contribution in [3.8, 4) is 0 Å². The van der Waals surface area contributed by atoms with Crippen molar-refractivity contribution in [2.24, 2.45) is 10.7 Å². The van der Waals surface area contributed by atoms with Gasteiger partial charge >= 0.3 is 0 Å². The van der Waals surface area contributed by atoms with Crippen LogP contribution in [0.25, 0.3) is 0 Å². The maximum Gasteiger partial charge on any atom is 0.196 e. The van der Waals surface area contributed by atoms with E-state index >= 15 is 0 Å². The minimum Gasteiger partial charge on any atom is -0.385 e. The van der Waals surface area contributed by atoms with Crippen LogP contribution in [0.15, 0.2) is 35.3 Å². The van der Waals surface area contributed by atoms with E-state index in [-0.39, 0.29) is 0 Å². The van der Waals surface area contributed by atoms with Crippen molar-refractivity contribution >= 4 is 11.6 Å². The number of nitrogens with zero attached hydrogens (tertiary/aromatic N) is 2. The molecule has 0 aromatic heterocycles. The first-order valence-electron chi connectivity index (χ1n) is 6.40. The first-order valence-corrected chi connectivity index (χ1v) is 6.40. The van der Waals surface area contributed by atoms with Gasteiger partial charge in [0, 0.05) is 33.9 Å². The van der Waals surface area contributed by atoms with Crippen molar-refractivity contribution in [2.75, 3.05) is 40.5 Å². The van der Waals surface area contributed by atoms with Crippen molar-refractivity contribution in [3.63, 3.8) is 0 Å². The highest BCUT2D eigenvalue weighted by Crippen LogP contribution is 2.10. The molecule has 0 aliphatic carbocycles. The molecule has 1 rings (SSSR count). The van der Waals surface area contributed by atoms with Crippen LogP contribution in [0, 0.1) is 0 Å². The minimum absolute atomic E-state index is 0.513. The fraction of sp³-hybridized carbons (Fsp3) is 0.500. The molecular formula is C14H23N3O2. The average Bonchev–Trinajstić information content (AvgIpc) is 2.43. The third-order valence-corrected chi connectivity index (χ3v) is 2.67. The van der Waals surface area contributed by atoms with E-state index in [0.717, 1.165) is 25.2 Å². The van der Waals surface area contributed by atoms with Crippen LogP contribution in [0.5, 0.6) is 0 Å². The molecule has 0 saturated carbocycles. The summed E-state index contributed by atoms with van der Waals surface area (Å²) in [4.78, 5) is 6.42. The smallest absolute Gasteiger partial charge is 0.196 e. The fourth-order valence-corrected chi connectivity index (χ4v) is 1.65. The lowest BCUT2D eigenvalue weighted by Gasteiger charge is -2.23. The molecule has 0 aliphatic rings. The van der Waals surface area contributed by atoms with Crippen LogP contribution in [0.2, 0.25) is 0 Å². The summed E-state index contributed by atoms with van der Waals surface area (Å²) in [6, 6.07) is 9.69. The van der Waals surface area contributed by atoms with Crippen molar-refractivity contribution in [1.82, 2.24) is 4.90 Å². The summed E-state index contributed by atoms with van der Waals surface area (Å²) < 4.78 is 10.2. The number of ether oxygens (including phenoxy) is 2. The molecular weight excluding hydrogens is 242 g/mol. The van der Waals surface area contributed by atoms with E-state index < -0.39 is 0 Å². The molecule has 19 heavy (non-hydrogen) atoms. The van der Waals surface area contributed by atoms with Crippen molar-refractivity contribution in [3.05, 3.63) is 30.3 Å². The van der Waals surface area contributed by atoms with E-state index in [1.165, 1.54) is 0 Å².